The Morgan fingerprint density at radius 2 is 1.03 bits per heavy atom. The molecule has 342 valence electrons. The Hall–Kier alpha value is -4.32. The van der Waals surface area contributed by atoms with Gasteiger partial charge in [0.1, 0.15) is 13.2 Å². The normalized spacial score (nSPS) is 34.9. The van der Waals surface area contributed by atoms with Crippen molar-refractivity contribution in [2.24, 2.45) is 11.8 Å². The summed E-state index contributed by atoms with van der Waals surface area (Å²) in [5.74, 6) is 2.34. The number of piperidine rings is 2. The van der Waals surface area contributed by atoms with E-state index in [2.05, 4.69) is 9.80 Å². The molecule has 2 N–H and O–H groups in total. The number of hydrogen-bond donors (Lipinski definition) is 2. The van der Waals surface area contributed by atoms with Crippen LogP contribution in [0, 0.1) is 11.8 Å². The van der Waals surface area contributed by atoms with Crippen LogP contribution in [0.25, 0.3) is 0 Å². The zero-order chi connectivity index (χ0) is 43.6. The third-order valence-electron chi connectivity index (χ3n) is 16.7. The van der Waals surface area contributed by atoms with Crippen LogP contribution in [0.4, 0.5) is 9.59 Å². The molecule has 0 radical (unpaired) electrons. The topological polar surface area (TPSA) is 189 Å². The molecule has 12 rings (SSSR count). The second-order valence-corrected chi connectivity index (χ2v) is 20.0. The highest BCUT2D eigenvalue weighted by Gasteiger charge is 2.75. The van der Waals surface area contributed by atoms with Gasteiger partial charge >= 0.3 is 12.3 Å². The first kappa shape index (κ1) is 41.1. The molecular formula is C48H56N2O14. The van der Waals surface area contributed by atoms with Crippen LogP contribution in [0.2, 0.25) is 0 Å². The van der Waals surface area contributed by atoms with E-state index in [0.29, 0.717) is 61.9 Å². The monoisotopic (exact) mass is 884 g/mol. The number of benzene rings is 2. The van der Waals surface area contributed by atoms with Gasteiger partial charge in [0.15, 0.2) is 46.8 Å². The van der Waals surface area contributed by atoms with E-state index in [9.17, 15) is 29.4 Å². The summed E-state index contributed by atoms with van der Waals surface area (Å²) in [5, 5.41) is 25.0. The summed E-state index contributed by atoms with van der Waals surface area (Å²) >= 11 is 0. The minimum absolute atomic E-state index is 0.0303. The van der Waals surface area contributed by atoms with Gasteiger partial charge in [0.2, 0.25) is 0 Å². The second-order valence-electron chi connectivity index (χ2n) is 20.0. The number of rotatable bonds is 15. The Bertz CT molecular complexity index is 2140. The molecule has 10 aliphatic rings. The summed E-state index contributed by atoms with van der Waals surface area (Å²) in [7, 11) is 0. The van der Waals surface area contributed by atoms with Crippen molar-refractivity contribution < 1.29 is 67.3 Å². The first-order valence-corrected chi connectivity index (χ1v) is 23.5. The second kappa shape index (κ2) is 15.1. The number of ketones is 2. The maximum Gasteiger partial charge on any atom is 0.514 e. The van der Waals surface area contributed by atoms with Crippen LogP contribution in [-0.4, -0.2) is 145 Å². The first-order chi connectivity index (χ1) is 31.0. The van der Waals surface area contributed by atoms with Crippen molar-refractivity contribution in [1.82, 2.24) is 9.80 Å². The zero-order valence-electron chi connectivity index (χ0n) is 36.0. The van der Waals surface area contributed by atoms with E-state index >= 15 is 0 Å². The van der Waals surface area contributed by atoms with E-state index in [1.165, 1.54) is 25.7 Å². The van der Waals surface area contributed by atoms with Crippen molar-refractivity contribution in [3.63, 3.8) is 0 Å². The SMILES string of the molecule is O=C(OCCOCCOCCOC(=O)Oc1ccc2c3c1O[C@H]1C(=O)CC[C@@]4(O)[C@@H](C2)N(CC2CC2)CC[C@]314)Oc1ccc2c3c1O[C@H]1C(=O)CC[C@@]4(O)[C@@H](C2)N(CC2CC2)CC[C@]314. The molecule has 0 amide bonds. The largest absolute Gasteiger partial charge is 0.514 e. The molecule has 2 spiro atoms. The van der Waals surface area contributed by atoms with Gasteiger partial charge in [-0.1, -0.05) is 12.1 Å². The fourth-order valence-electron chi connectivity index (χ4n) is 13.6. The van der Waals surface area contributed by atoms with E-state index < -0.39 is 46.6 Å². The van der Waals surface area contributed by atoms with Crippen molar-refractivity contribution in [1.29, 1.82) is 0 Å². The molecule has 4 aliphatic heterocycles. The first-order valence-electron chi connectivity index (χ1n) is 23.5. The fraction of sp³-hybridized carbons (Fsp3) is 0.667. The Morgan fingerprint density at radius 3 is 1.45 bits per heavy atom. The molecule has 16 heteroatoms. The summed E-state index contributed by atoms with van der Waals surface area (Å²) in [6.45, 7) is 3.87. The lowest BCUT2D eigenvalue weighted by Gasteiger charge is -2.62. The summed E-state index contributed by atoms with van der Waals surface area (Å²) < 4.78 is 45.7. The number of Topliss-reactive ketones (excluding diaryl/α,β-unsaturated/α-hetero) is 2. The molecule has 64 heavy (non-hydrogen) atoms. The molecule has 2 aromatic rings. The molecule has 2 aromatic carbocycles. The average Bonchev–Trinajstić information content (AvgIpc) is 4.21. The average molecular weight is 885 g/mol. The van der Waals surface area contributed by atoms with E-state index in [0.717, 1.165) is 48.4 Å². The maximum atomic E-state index is 13.4. The van der Waals surface area contributed by atoms with E-state index in [1.807, 2.05) is 12.1 Å². The van der Waals surface area contributed by atoms with Gasteiger partial charge in [-0.05, 0) is 112 Å². The highest BCUT2D eigenvalue weighted by atomic mass is 16.7. The summed E-state index contributed by atoms with van der Waals surface area (Å²) in [6, 6.07) is 7.05. The molecule has 0 unspecified atom stereocenters. The van der Waals surface area contributed by atoms with Gasteiger partial charge < -0.3 is 48.1 Å². The van der Waals surface area contributed by atoms with Crippen molar-refractivity contribution in [2.45, 2.75) is 123 Å². The fourth-order valence-corrected chi connectivity index (χ4v) is 13.6. The lowest BCUT2D eigenvalue weighted by molar-refractivity contribution is -0.188. The van der Waals surface area contributed by atoms with Crippen LogP contribution in [0.5, 0.6) is 23.0 Å². The molecule has 8 atom stereocenters. The highest BCUT2D eigenvalue weighted by molar-refractivity contribution is 5.91. The predicted octanol–water partition coefficient (Wildman–Crippen LogP) is 3.72. The van der Waals surface area contributed by atoms with Crippen LogP contribution < -0.4 is 18.9 Å². The smallest absolute Gasteiger partial charge is 0.477 e. The summed E-state index contributed by atoms with van der Waals surface area (Å²) in [4.78, 5) is 57.2. The Morgan fingerprint density at radius 1 is 0.609 bits per heavy atom. The Kier molecular flexibility index (Phi) is 9.71. The van der Waals surface area contributed by atoms with Gasteiger partial charge in [-0.2, -0.15) is 0 Å². The van der Waals surface area contributed by atoms with Crippen LogP contribution in [0.1, 0.15) is 86.5 Å². The van der Waals surface area contributed by atoms with E-state index in [4.69, 9.17) is 37.9 Å². The van der Waals surface area contributed by atoms with Crippen LogP contribution in [0.15, 0.2) is 24.3 Å². The quantitative estimate of drug-likeness (QED) is 0.150. The van der Waals surface area contributed by atoms with E-state index in [1.54, 1.807) is 12.1 Å². The number of carbonyl (C=O) groups is 4. The van der Waals surface area contributed by atoms with Crippen LogP contribution in [-0.2, 0) is 52.2 Å². The van der Waals surface area contributed by atoms with Crippen molar-refractivity contribution >= 4 is 23.9 Å². The number of nitrogens with zero attached hydrogens (tertiary/aromatic N) is 2. The lowest BCUT2D eigenvalue weighted by atomic mass is 9.49. The molecule has 6 aliphatic carbocycles. The van der Waals surface area contributed by atoms with Gasteiger partial charge in [0.05, 0.1) is 48.5 Å². The zero-order valence-corrected chi connectivity index (χ0v) is 36.0. The predicted molar refractivity (Wildman–Crippen MR) is 222 cm³/mol. The minimum atomic E-state index is -1.11. The maximum absolute atomic E-state index is 13.4. The van der Waals surface area contributed by atoms with Crippen molar-refractivity contribution in [3.05, 3.63) is 46.5 Å². The number of likely N-dealkylation sites (tertiary alicyclic amines) is 2. The Labute approximate surface area is 370 Å². The number of hydrogen-bond acceptors (Lipinski definition) is 16. The van der Waals surface area contributed by atoms with Crippen molar-refractivity contribution in [3.8, 4) is 23.0 Å². The third kappa shape index (κ3) is 6.07. The molecule has 0 aromatic heterocycles. The van der Waals surface area contributed by atoms with Crippen LogP contribution >= 0.6 is 0 Å². The van der Waals surface area contributed by atoms with Gasteiger partial charge in [0.25, 0.3) is 0 Å². The third-order valence-corrected chi connectivity index (χ3v) is 16.7. The molecular weight excluding hydrogens is 829 g/mol. The molecule has 2 saturated heterocycles. The van der Waals surface area contributed by atoms with Gasteiger partial charge in [-0.3, -0.25) is 19.4 Å². The summed E-state index contributed by atoms with van der Waals surface area (Å²) in [6.07, 6.45) is 5.16. The minimum Gasteiger partial charge on any atom is -0.477 e. The van der Waals surface area contributed by atoms with Gasteiger partial charge in [0, 0.05) is 49.1 Å². The molecule has 16 nitrogen and oxygen atoms in total. The molecule has 6 fully saturated rings. The number of aliphatic hydroxyl groups is 2. The Balaban J connectivity index is 0.592. The summed E-state index contributed by atoms with van der Waals surface area (Å²) in [5.41, 5.74) is -0.289. The lowest BCUT2D eigenvalue weighted by Crippen LogP contribution is -2.76. The van der Waals surface area contributed by atoms with Gasteiger partial charge in [-0.15, -0.1) is 0 Å². The van der Waals surface area contributed by atoms with Crippen molar-refractivity contribution in [2.75, 3.05) is 65.8 Å². The molecule has 4 saturated carbocycles. The highest BCUT2D eigenvalue weighted by Crippen LogP contribution is 2.67. The van der Waals surface area contributed by atoms with Crippen LogP contribution in [0.3, 0.4) is 0 Å². The number of carbonyl (C=O) groups excluding carboxylic acids is 4. The number of ether oxygens (including phenoxy) is 8. The van der Waals surface area contributed by atoms with E-state index in [-0.39, 0.29) is 87.6 Å². The molecule has 4 heterocycles. The standard InChI is InChI=1S/C48H56N2O14/c51-31-9-11-47(55)35-23-29-5-7-33(39-37(29)45(47,41(31)63-39)13-15-49(35)25-27-1-2-27)61-43(53)59-21-19-57-17-18-58-20-22-60-44(54)62-34-8-6-30-24-36-48(56)12-10-32(52)42-46(48,38(30)40(34)64-42)14-16-50(36)26-28-3-4-28/h5-8,27-28,35-36,41-42,55-56H,1-4,9-26H2/t35-,36-,41+,42+,45+,46+,47-,48-/m1/s1. The van der Waals surface area contributed by atoms with Gasteiger partial charge in [-0.25, -0.2) is 9.59 Å². The molecule has 4 bridgehead atoms.